The lowest BCUT2D eigenvalue weighted by molar-refractivity contribution is 0.0950. The summed E-state index contributed by atoms with van der Waals surface area (Å²) in [5.41, 5.74) is 6.62. The minimum Gasteiger partial charge on any atom is -0.399 e. The van der Waals surface area contributed by atoms with Crippen molar-refractivity contribution in [2.75, 3.05) is 12.0 Å². The van der Waals surface area contributed by atoms with Gasteiger partial charge in [0.2, 0.25) is 0 Å². The van der Waals surface area contributed by atoms with Crippen LogP contribution in [0.4, 0.5) is 5.69 Å². The number of anilines is 1. The van der Waals surface area contributed by atoms with E-state index in [1.807, 2.05) is 0 Å². The molecule has 1 aromatic heterocycles. The zero-order valence-corrected chi connectivity index (χ0v) is 12.1. The van der Waals surface area contributed by atoms with Gasteiger partial charge in [0, 0.05) is 23.7 Å². The zero-order chi connectivity index (χ0) is 15.5. The molecule has 0 unspecified atom stereocenters. The Morgan fingerprint density at radius 2 is 2.10 bits per heavy atom. The first-order valence-corrected chi connectivity index (χ1v) is 7.91. The SMILES string of the molecule is CS(=O)(=O)c1cc(N)cc(C(=O)NCc2cccnn2)c1. The van der Waals surface area contributed by atoms with Gasteiger partial charge in [-0.2, -0.15) is 10.2 Å². The summed E-state index contributed by atoms with van der Waals surface area (Å²) in [5.74, 6) is -0.433. The fourth-order valence-electron chi connectivity index (χ4n) is 1.67. The van der Waals surface area contributed by atoms with Crippen molar-refractivity contribution in [3.63, 3.8) is 0 Å². The summed E-state index contributed by atoms with van der Waals surface area (Å²) in [4.78, 5) is 12.0. The summed E-state index contributed by atoms with van der Waals surface area (Å²) < 4.78 is 23.1. The number of carbonyl (C=O) groups excluding carboxylic acids is 1. The van der Waals surface area contributed by atoms with Gasteiger partial charge in [0.1, 0.15) is 0 Å². The first kappa shape index (κ1) is 14.9. The topological polar surface area (TPSA) is 115 Å². The van der Waals surface area contributed by atoms with E-state index in [2.05, 4.69) is 15.5 Å². The van der Waals surface area contributed by atoms with E-state index in [0.29, 0.717) is 5.69 Å². The van der Waals surface area contributed by atoms with Gasteiger partial charge < -0.3 is 11.1 Å². The van der Waals surface area contributed by atoms with Crippen molar-refractivity contribution in [1.29, 1.82) is 0 Å². The molecule has 1 aromatic carbocycles. The number of nitrogens with zero attached hydrogens (tertiary/aromatic N) is 2. The number of sulfone groups is 1. The smallest absolute Gasteiger partial charge is 0.251 e. The third kappa shape index (κ3) is 3.99. The standard InChI is InChI=1S/C13H14N4O3S/c1-21(19,20)12-6-9(5-10(14)7-12)13(18)15-8-11-3-2-4-16-17-11/h2-7H,8,14H2,1H3,(H,15,18). The van der Waals surface area contributed by atoms with Gasteiger partial charge in [-0.1, -0.05) is 0 Å². The van der Waals surface area contributed by atoms with Crippen molar-refractivity contribution in [3.8, 4) is 0 Å². The van der Waals surface area contributed by atoms with Crippen molar-refractivity contribution in [2.24, 2.45) is 0 Å². The highest BCUT2D eigenvalue weighted by molar-refractivity contribution is 7.90. The molecule has 0 aliphatic heterocycles. The number of amides is 1. The molecule has 8 heteroatoms. The number of rotatable bonds is 4. The molecule has 0 spiro atoms. The van der Waals surface area contributed by atoms with Crippen molar-refractivity contribution in [2.45, 2.75) is 11.4 Å². The highest BCUT2D eigenvalue weighted by atomic mass is 32.2. The molecule has 0 radical (unpaired) electrons. The monoisotopic (exact) mass is 306 g/mol. The van der Waals surface area contributed by atoms with Crippen LogP contribution in [-0.2, 0) is 16.4 Å². The van der Waals surface area contributed by atoms with Gasteiger partial charge in [0.25, 0.3) is 5.91 Å². The molecule has 0 saturated heterocycles. The molecule has 21 heavy (non-hydrogen) atoms. The van der Waals surface area contributed by atoms with E-state index in [0.717, 1.165) is 6.26 Å². The number of hydrogen-bond donors (Lipinski definition) is 2. The van der Waals surface area contributed by atoms with Crippen LogP contribution in [0.25, 0.3) is 0 Å². The first-order chi connectivity index (χ1) is 9.86. The fourth-order valence-corrected chi connectivity index (χ4v) is 2.36. The summed E-state index contributed by atoms with van der Waals surface area (Å²) in [6.45, 7) is 0.190. The molecule has 0 aliphatic rings. The Labute approximate surface area is 122 Å². The molecular weight excluding hydrogens is 292 g/mol. The number of benzene rings is 1. The van der Waals surface area contributed by atoms with Gasteiger partial charge in [-0.05, 0) is 30.3 Å². The second-order valence-electron chi connectivity index (χ2n) is 4.46. The maximum Gasteiger partial charge on any atom is 0.251 e. The minimum absolute atomic E-state index is 0.00662. The molecule has 2 aromatic rings. The molecule has 2 rings (SSSR count). The molecular formula is C13H14N4O3S. The third-order valence-corrected chi connectivity index (χ3v) is 3.77. The Morgan fingerprint density at radius 3 is 2.71 bits per heavy atom. The number of nitrogen functional groups attached to an aromatic ring is 1. The van der Waals surface area contributed by atoms with Crippen molar-refractivity contribution in [1.82, 2.24) is 15.5 Å². The summed E-state index contributed by atoms with van der Waals surface area (Å²) in [5, 5.41) is 10.2. The molecule has 0 atom stereocenters. The van der Waals surface area contributed by atoms with E-state index >= 15 is 0 Å². The number of nitrogens with two attached hydrogens (primary N) is 1. The Morgan fingerprint density at radius 1 is 1.33 bits per heavy atom. The predicted octanol–water partition coefficient (Wildman–Crippen LogP) is 0.392. The minimum atomic E-state index is -3.43. The molecule has 0 fully saturated rings. The van der Waals surface area contributed by atoms with Gasteiger partial charge in [-0.3, -0.25) is 4.79 Å². The first-order valence-electron chi connectivity index (χ1n) is 6.01. The fraction of sp³-hybridized carbons (Fsp3) is 0.154. The van der Waals surface area contributed by atoms with Crippen LogP contribution < -0.4 is 11.1 Å². The highest BCUT2D eigenvalue weighted by Gasteiger charge is 2.13. The van der Waals surface area contributed by atoms with Gasteiger partial charge in [-0.25, -0.2) is 8.42 Å². The van der Waals surface area contributed by atoms with Crippen LogP contribution in [0.3, 0.4) is 0 Å². The summed E-state index contributed by atoms with van der Waals surface area (Å²) in [6, 6.07) is 7.44. The number of carbonyl (C=O) groups is 1. The Kier molecular flexibility index (Phi) is 4.18. The maximum atomic E-state index is 12.0. The zero-order valence-electron chi connectivity index (χ0n) is 11.3. The summed E-state index contributed by atoms with van der Waals surface area (Å²) in [6.07, 6.45) is 2.59. The average Bonchev–Trinajstić information content (AvgIpc) is 2.44. The highest BCUT2D eigenvalue weighted by Crippen LogP contribution is 2.16. The van der Waals surface area contributed by atoms with Gasteiger partial charge in [0.05, 0.1) is 17.1 Å². The summed E-state index contributed by atoms with van der Waals surface area (Å²) in [7, 11) is -3.43. The van der Waals surface area contributed by atoms with Gasteiger partial charge in [-0.15, -0.1) is 0 Å². The largest absolute Gasteiger partial charge is 0.399 e. The molecule has 3 N–H and O–H groups in total. The molecule has 110 valence electrons. The van der Waals surface area contributed by atoms with E-state index in [1.165, 1.54) is 24.4 Å². The van der Waals surface area contributed by atoms with Crippen LogP contribution in [0.15, 0.2) is 41.4 Å². The third-order valence-electron chi connectivity index (χ3n) is 2.68. The van der Waals surface area contributed by atoms with Crippen molar-refractivity contribution >= 4 is 21.4 Å². The van der Waals surface area contributed by atoms with Crippen LogP contribution in [-0.4, -0.2) is 30.8 Å². The predicted molar refractivity (Wildman–Crippen MR) is 77.2 cm³/mol. The quantitative estimate of drug-likeness (QED) is 0.790. The lowest BCUT2D eigenvalue weighted by Gasteiger charge is -2.07. The second kappa shape index (κ2) is 5.88. The van der Waals surface area contributed by atoms with Crippen molar-refractivity contribution in [3.05, 3.63) is 47.8 Å². The molecule has 7 nitrogen and oxygen atoms in total. The van der Waals surface area contributed by atoms with Crippen LogP contribution >= 0.6 is 0 Å². The van der Waals surface area contributed by atoms with Gasteiger partial charge in [0.15, 0.2) is 9.84 Å². The average molecular weight is 306 g/mol. The maximum absolute atomic E-state index is 12.0. The Hall–Kier alpha value is -2.48. The van der Waals surface area contributed by atoms with E-state index in [1.54, 1.807) is 12.1 Å². The Bertz CT molecular complexity index is 760. The van der Waals surface area contributed by atoms with Gasteiger partial charge >= 0.3 is 0 Å². The summed E-state index contributed by atoms with van der Waals surface area (Å²) >= 11 is 0. The number of nitrogens with one attached hydrogen (secondary N) is 1. The normalized spacial score (nSPS) is 11.1. The van der Waals surface area contributed by atoms with Crippen LogP contribution in [0.1, 0.15) is 16.1 Å². The Balaban J connectivity index is 2.18. The van der Waals surface area contributed by atoms with Crippen molar-refractivity contribution < 1.29 is 13.2 Å². The van der Waals surface area contributed by atoms with Crippen LogP contribution in [0, 0.1) is 0 Å². The number of aromatic nitrogens is 2. The van der Waals surface area contributed by atoms with E-state index in [4.69, 9.17) is 5.73 Å². The molecule has 0 bridgehead atoms. The van der Waals surface area contributed by atoms with E-state index < -0.39 is 15.7 Å². The lowest BCUT2D eigenvalue weighted by atomic mass is 10.2. The second-order valence-corrected chi connectivity index (χ2v) is 6.48. The van der Waals surface area contributed by atoms with E-state index in [-0.39, 0.29) is 22.7 Å². The van der Waals surface area contributed by atoms with E-state index in [9.17, 15) is 13.2 Å². The molecule has 1 heterocycles. The molecule has 0 saturated carbocycles. The molecule has 0 aliphatic carbocycles. The lowest BCUT2D eigenvalue weighted by Crippen LogP contribution is -2.23. The van der Waals surface area contributed by atoms with Crippen LogP contribution in [0.2, 0.25) is 0 Å². The number of hydrogen-bond acceptors (Lipinski definition) is 6. The van der Waals surface area contributed by atoms with Crippen LogP contribution in [0.5, 0.6) is 0 Å². The molecule has 1 amide bonds.